The summed E-state index contributed by atoms with van der Waals surface area (Å²) in [4.78, 5) is 0. The Kier molecular flexibility index (Phi) is 3.49. The summed E-state index contributed by atoms with van der Waals surface area (Å²) in [5, 5.41) is 3.55. The molecule has 2 rings (SSSR count). The number of benzene rings is 1. The lowest BCUT2D eigenvalue weighted by atomic mass is 10.0. The zero-order valence-electron chi connectivity index (χ0n) is 10.4. The van der Waals surface area contributed by atoms with Gasteiger partial charge in [-0.25, -0.2) is 0 Å². The van der Waals surface area contributed by atoms with Crippen LogP contribution in [0.4, 0.5) is 5.69 Å². The summed E-state index contributed by atoms with van der Waals surface area (Å²) >= 11 is 0. The van der Waals surface area contributed by atoms with Gasteiger partial charge in [-0.2, -0.15) is 0 Å². The van der Waals surface area contributed by atoms with E-state index in [-0.39, 0.29) is 0 Å². The minimum Gasteiger partial charge on any atom is -0.383 e. The fraction of sp³-hybridized carbons (Fsp3) is 0.571. The minimum atomic E-state index is 0.528. The summed E-state index contributed by atoms with van der Waals surface area (Å²) in [5.41, 5.74) is 3.89. The lowest BCUT2D eigenvalue weighted by molar-refractivity contribution is 0.134. The molecule has 1 aromatic rings. The smallest absolute Gasteiger partial charge is 0.0725 e. The maximum Gasteiger partial charge on any atom is 0.0725 e. The van der Waals surface area contributed by atoms with Gasteiger partial charge >= 0.3 is 0 Å². The molecule has 0 saturated heterocycles. The van der Waals surface area contributed by atoms with E-state index in [0.717, 1.165) is 19.1 Å². The minimum absolute atomic E-state index is 0.528. The van der Waals surface area contributed by atoms with E-state index < -0.39 is 0 Å². The van der Waals surface area contributed by atoms with E-state index in [1.165, 1.54) is 23.2 Å². The molecular formula is C14H21NO. The molecule has 2 nitrogen and oxygen atoms in total. The van der Waals surface area contributed by atoms with Crippen LogP contribution < -0.4 is 5.32 Å². The van der Waals surface area contributed by atoms with Crippen LogP contribution in [-0.2, 0) is 18.0 Å². The molecule has 1 atom stereocenters. The monoisotopic (exact) mass is 219 g/mol. The molecule has 1 aliphatic heterocycles. The van der Waals surface area contributed by atoms with Gasteiger partial charge in [0.15, 0.2) is 0 Å². The molecule has 1 heterocycles. The second-order valence-corrected chi connectivity index (χ2v) is 5.15. The van der Waals surface area contributed by atoms with E-state index >= 15 is 0 Å². The first-order chi connectivity index (χ1) is 7.65. The topological polar surface area (TPSA) is 21.3 Å². The van der Waals surface area contributed by atoms with Crippen LogP contribution in [0, 0.1) is 5.92 Å². The second-order valence-electron chi connectivity index (χ2n) is 5.15. The van der Waals surface area contributed by atoms with Gasteiger partial charge in [-0.05, 0) is 42.5 Å². The predicted octanol–water partition coefficient (Wildman–Crippen LogP) is 3.56. The number of anilines is 1. The molecule has 16 heavy (non-hydrogen) atoms. The van der Waals surface area contributed by atoms with Gasteiger partial charge in [0.1, 0.15) is 0 Å². The second kappa shape index (κ2) is 4.88. The Hall–Kier alpha value is -1.02. The van der Waals surface area contributed by atoms with Crippen molar-refractivity contribution >= 4 is 5.69 Å². The van der Waals surface area contributed by atoms with Crippen molar-refractivity contribution in [3.63, 3.8) is 0 Å². The molecule has 0 saturated carbocycles. The van der Waals surface area contributed by atoms with Gasteiger partial charge in [0, 0.05) is 11.7 Å². The first-order valence-corrected chi connectivity index (χ1v) is 6.11. The molecule has 0 amide bonds. The molecule has 1 aromatic carbocycles. The van der Waals surface area contributed by atoms with E-state index in [9.17, 15) is 0 Å². The molecule has 0 aromatic heterocycles. The van der Waals surface area contributed by atoms with Crippen molar-refractivity contribution < 1.29 is 4.74 Å². The van der Waals surface area contributed by atoms with Crippen LogP contribution in [-0.4, -0.2) is 6.04 Å². The summed E-state index contributed by atoms with van der Waals surface area (Å²) in [6.45, 7) is 8.30. The summed E-state index contributed by atoms with van der Waals surface area (Å²) in [6, 6.07) is 7.08. The van der Waals surface area contributed by atoms with Crippen molar-refractivity contribution in [1.82, 2.24) is 0 Å². The lowest BCUT2D eigenvalue weighted by Gasteiger charge is -2.17. The maximum atomic E-state index is 5.41. The van der Waals surface area contributed by atoms with Crippen LogP contribution in [0.3, 0.4) is 0 Å². The van der Waals surface area contributed by atoms with Gasteiger partial charge in [-0.15, -0.1) is 0 Å². The molecule has 0 bridgehead atoms. The largest absolute Gasteiger partial charge is 0.383 e. The highest BCUT2D eigenvalue weighted by Crippen LogP contribution is 2.24. The van der Waals surface area contributed by atoms with E-state index in [2.05, 4.69) is 44.3 Å². The van der Waals surface area contributed by atoms with Crippen molar-refractivity contribution in [1.29, 1.82) is 0 Å². The van der Waals surface area contributed by atoms with Crippen molar-refractivity contribution in [3.05, 3.63) is 29.3 Å². The molecular weight excluding hydrogens is 198 g/mol. The predicted molar refractivity (Wildman–Crippen MR) is 67.5 cm³/mol. The molecule has 0 radical (unpaired) electrons. The molecule has 0 aliphatic carbocycles. The van der Waals surface area contributed by atoms with E-state index in [4.69, 9.17) is 4.74 Å². The van der Waals surface area contributed by atoms with E-state index in [1.807, 2.05) is 0 Å². The summed E-state index contributed by atoms with van der Waals surface area (Å²) in [7, 11) is 0. The van der Waals surface area contributed by atoms with Gasteiger partial charge in [-0.3, -0.25) is 0 Å². The number of ether oxygens (including phenoxy) is 1. The molecule has 2 heteroatoms. The van der Waals surface area contributed by atoms with E-state index in [1.54, 1.807) is 0 Å². The zero-order chi connectivity index (χ0) is 11.5. The first kappa shape index (κ1) is 11.5. The summed E-state index contributed by atoms with van der Waals surface area (Å²) < 4.78 is 5.41. The number of hydrogen-bond acceptors (Lipinski definition) is 2. The van der Waals surface area contributed by atoms with Crippen LogP contribution in [0.25, 0.3) is 0 Å². The van der Waals surface area contributed by atoms with Gasteiger partial charge in [0.2, 0.25) is 0 Å². The number of hydrogen-bond donors (Lipinski definition) is 1. The van der Waals surface area contributed by atoms with Crippen molar-refractivity contribution in [2.75, 3.05) is 5.32 Å². The number of fused-ring (bicyclic) bond motifs is 1. The highest BCUT2D eigenvalue weighted by Gasteiger charge is 2.12. The average molecular weight is 219 g/mol. The standard InChI is InChI=1S/C14H21NO/c1-10(2)6-11(3)15-14-5-4-12-8-16-9-13(12)7-14/h4-5,7,10-11,15H,6,8-9H2,1-3H3. The third-order valence-electron chi connectivity index (χ3n) is 2.96. The molecule has 0 fully saturated rings. The zero-order valence-corrected chi connectivity index (χ0v) is 10.4. The lowest BCUT2D eigenvalue weighted by Crippen LogP contribution is -2.17. The first-order valence-electron chi connectivity index (χ1n) is 6.11. The van der Waals surface area contributed by atoms with Gasteiger partial charge in [-0.1, -0.05) is 19.9 Å². The SMILES string of the molecule is CC(C)CC(C)Nc1ccc2c(c1)COC2. The van der Waals surface area contributed by atoms with Gasteiger partial charge < -0.3 is 10.1 Å². The number of rotatable bonds is 4. The Morgan fingerprint density at radius 3 is 2.69 bits per heavy atom. The Labute approximate surface area is 98.0 Å². The third-order valence-corrected chi connectivity index (χ3v) is 2.96. The highest BCUT2D eigenvalue weighted by molar-refractivity contribution is 5.49. The Morgan fingerprint density at radius 2 is 1.94 bits per heavy atom. The Bertz CT molecular complexity index is 360. The summed E-state index contributed by atoms with van der Waals surface area (Å²) in [6.07, 6.45) is 1.20. The van der Waals surface area contributed by atoms with Crippen molar-refractivity contribution in [2.45, 2.75) is 46.4 Å². The number of nitrogens with one attached hydrogen (secondary N) is 1. The molecule has 1 N–H and O–H groups in total. The molecule has 1 aliphatic rings. The van der Waals surface area contributed by atoms with Crippen molar-refractivity contribution in [2.24, 2.45) is 5.92 Å². The third kappa shape index (κ3) is 2.76. The van der Waals surface area contributed by atoms with Crippen LogP contribution in [0.2, 0.25) is 0 Å². The van der Waals surface area contributed by atoms with Gasteiger partial charge in [0.05, 0.1) is 13.2 Å². The molecule has 1 unspecified atom stereocenters. The van der Waals surface area contributed by atoms with Gasteiger partial charge in [0.25, 0.3) is 0 Å². The molecule has 0 spiro atoms. The summed E-state index contributed by atoms with van der Waals surface area (Å²) in [5.74, 6) is 0.736. The normalized spacial score (nSPS) is 16.2. The fourth-order valence-electron chi connectivity index (χ4n) is 2.31. The van der Waals surface area contributed by atoms with Crippen LogP contribution in [0.15, 0.2) is 18.2 Å². The Balaban J connectivity index is 1.99. The van der Waals surface area contributed by atoms with Crippen LogP contribution in [0.1, 0.15) is 38.3 Å². The van der Waals surface area contributed by atoms with Crippen LogP contribution in [0.5, 0.6) is 0 Å². The quantitative estimate of drug-likeness (QED) is 0.836. The highest BCUT2D eigenvalue weighted by atomic mass is 16.5. The van der Waals surface area contributed by atoms with E-state index in [0.29, 0.717) is 6.04 Å². The Morgan fingerprint density at radius 1 is 1.19 bits per heavy atom. The van der Waals surface area contributed by atoms with Crippen LogP contribution >= 0.6 is 0 Å². The average Bonchev–Trinajstić information content (AvgIpc) is 2.63. The van der Waals surface area contributed by atoms with Crippen molar-refractivity contribution in [3.8, 4) is 0 Å². The fourth-order valence-corrected chi connectivity index (χ4v) is 2.31. The maximum absolute atomic E-state index is 5.41. The molecule has 88 valence electrons.